The Balaban J connectivity index is 5.54. The summed E-state index contributed by atoms with van der Waals surface area (Å²) in [5.74, 6) is -1.09. The molecule has 0 fully saturated rings. The molecule has 3 unspecified atom stereocenters. The summed E-state index contributed by atoms with van der Waals surface area (Å²) >= 11 is 0. The topological polar surface area (TPSA) is 116 Å². The molecule has 32 heavy (non-hydrogen) atoms. The van der Waals surface area contributed by atoms with Crippen LogP contribution in [0.5, 0.6) is 0 Å². The molecule has 188 valence electrons. The van der Waals surface area contributed by atoms with Gasteiger partial charge in [0.2, 0.25) is 5.91 Å². The van der Waals surface area contributed by atoms with Crippen LogP contribution in [0.25, 0.3) is 0 Å². The highest BCUT2D eigenvalue weighted by atomic mass is 16.6. The van der Waals surface area contributed by atoms with Crippen molar-refractivity contribution in [2.45, 2.75) is 110 Å². The van der Waals surface area contributed by atoms with Gasteiger partial charge in [0.05, 0.1) is 18.2 Å². The molecule has 3 N–H and O–H groups in total. The number of hydrogen-bond acceptors (Lipinski definition) is 7. The van der Waals surface area contributed by atoms with E-state index in [9.17, 15) is 24.6 Å². The lowest BCUT2D eigenvalue weighted by molar-refractivity contribution is -0.166. The van der Waals surface area contributed by atoms with Crippen LogP contribution in [-0.4, -0.2) is 76.8 Å². The van der Waals surface area contributed by atoms with Crippen molar-refractivity contribution >= 4 is 17.7 Å². The van der Waals surface area contributed by atoms with Gasteiger partial charge in [-0.1, -0.05) is 20.8 Å². The molecule has 0 heterocycles. The minimum absolute atomic E-state index is 0.0607. The normalized spacial score (nSPS) is 16.8. The van der Waals surface area contributed by atoms with Crippen molar-refractivity contribution in [2.75, 3.05) is 14.1 Å². The van der Waals surface area contributed by atoms with E-state index in [4.69, 9.17) is 4.74 Å². The van der Waals surface area contributed by atoms with Crippen molar-refractivity contribution in [1.82, 2.24) is 10.2 Å². The molecule has 0 saturated heterocycles. The monoisotopic (exact) mass is 458 g/mol. The zero-order valence-corrected chi connectivity index (χ0v) is 21.5. The van der Waals surface area contributed by atoms with Gasteiger partial charge in [0.15, 0.2) is 11.9 Å². The van der Waals surface area contributed by atoms with E-state index in [1.54, 1.807) is 41.8 Å². The van der Waals surface area contributed by atoms with Gasteiger partial charge in [0.25, 0.3) is 0 Å². The predicted molar refractivity (Wildman–Crippen MR) is 125 cm³/mol. The lowest BCUT2D eigenvalue weighted by atomic mass is 9.90. The van der Waals surface area contributed by atoms with Crippen LogP contribution in [0, 0.1) is 11.8 Å². The second-order valence-corrected chi connectivity index (χ2v) is 10.4. The smallest absolute Gasteiger partial charge is 0.335 e. The van der Waals surface area contributed by atoms with Crippen molar-refractivity contribution in [1.29, 1.82) is 0 Å². The number of likely N-dealkylation sites (N-methyl/N-ethyl adjacent to an activating group) is 2. The highest BCUT2D eigenvalue weighted by molar-refractivity contribution is 5.93. The Bertz CT molecular complexity index is 600. The first kappa shape index (κ1) is 30.5. The van der Waals surface area contributed by atoms with Gasteiger partial charge in [-0.3, -0.25) is 9.59 Å². The molecule has 0 rings (SSSR count). The highest BCUT2D eigenvalue weighted by Gasteiger charge is 2.34. The van der Waals surface area contributed by atoms with E-state index in [1.807, 2.05) is 20.8 Å². The number of Topliss-reactive ketones (excluding diaryl/α,β-unsaturated/α-hetero) is 1. The quantitative estimate of drug-likeness (QED) is 0.342. The van der Waals surface area contributed by atoms with Crippen LogP contribution in [0.15, 0.2) is 0 Å². The molecule has 0 aliphatic carbocycles. The van der Waals surface area contributed by atoms with E-state index in [-0.39, 0.29) is 23.5 Å². The van der Waals surface area contributed by atoms with E-state index < -0.39 is 42.3 Å². The summed E-state index contributed by atoms with van der Waals surface area (Å²) in [4.78, 5) is 39.9. The summed E-state index contributed by atoms with van der Waals surface area (Å²) in [6.07, 6.45) is -0.164. The Morgan fingerprint density at radius 1 is 1.00 bits per heavy atom. The number of rotatable bonds is 14. The molecule has 0 aliphatic rings. The van der Waals surface area contributed by atoms with Gasteiger partial charge in [-0.25, -0.2) is 4.79 Å². The lowest BCUT2D eigenvalue weighted by Gasteiger charge is -2.33. The summed E-state index contributed by atoms with van der Waals surface area (Å²) in [5, 5.41) is 22.9. The fourth-order valence-electron chi connectivity index (χ4n) is 3.52. The Morgan fingerprint density at radius 3 is 2.00 bits per heavy atom. The second-order valence-electron chi connectivity index (χ2n) is 10.4. The molecule has 0 aliphatic heterocycles. The lowest BCUT2D eigenvalue weighted by Crippen LogP contribution is -2.51. The van der Waals surface area contributed by atoms with Gasteiger partial charge < -0.3 is 25.2 Å². The van der Waals surface area contributed by atoms with Crippen molar-refractivity contribution in [3.63, 3.8) is 0 Å². The highest BCUT2D eigenvalue weighted by Crippen LogP contribution is 2.21. The zero-order valence-electron chi connectivity index (χ0n) is 21.5. The summed E-state index contributed by atoms with van der Waals surface area (Å²) in [7, 11) is 3.31. The summed E-state index contributed by atoms with van der Waals surface area (Å²) in [6.45, 7) is 12.8. The summed E-state index contributed by atoms with van der Waals surface area (Å²) < 4.78 is 5.17. The fourth-order valence-corrected chi connectivity index (χ4v) is 3.52. The third kappa shape index (κ3) is 11.9. The fraction of sp³-hybridized carbons (Fsp3) is 0.875. The SMILES string of the molecule is CN[C@@H](CC(C)C)C(=O)N(C)[C@@H](CC(C)CCC(C)O)C(=O)CC(O)C(=O)OC(C)(C)C. The molecule has 0 saturated carbocycles. The molecular weight excluding hydrogens is 412 g/mol. The molecule has 0 aromatic heterocycles. The molecule has 0 spiro atoms. The third-order valence-electron chi connectivity index (χ3n) is 5.32. The zero-order chi connectivity index (χ0) is 25.2. The van der Waals surface area contributed by atoms with Gasteiger partial charge in [-0.05, 0) is 72.3 Å². The maximum absolute atomic E-state index is 13.1. The first-order chi connectivity index (χ1) is 14.6. The van der Waals surface area contributed by atoms with Crippen LogP contribution in [-0.2, 0) is 19.1 Å². The number of aliphatic hydroxyl groups is 2. The van der Waals surface area contributed by atoms with Gasteiger partial charge in [0, 0.05) is 13.5 Å². The molecule has 8 heteroatoms. The first-order valence-corrected chi connectivity index (χ1v) is 11.6. The van der Waals surface area contributed by atoms with Crippen molar-refractivity contribution in [2.24, 2.45) is 11.8 Å². The largest absolute Gasteiger partial charge is 0.458 e. The Hall–Kier alpha value is -1.51. The Morgan fingerprint density at radius 2 is 1.56 bits per heavy atom. The van der Waals surface area contributed by atoms with E-state index in [0.29, 0.717) is 25.7 Å². The van der Waals surface area contributed by atoms with E-state index >= 15 is 0 Å². The number of aliphatic hydroxyl groups excluding tert-OH is 2. The minimum atomic E-state index is -1.59. The van der Waals surface area contributed by atoms with E-state index in [2.05, 4.69) is 5.32 Å². The molecule has 5 atom stereocenters. The summed E-state index contributed by atoms with van der Waals surface area (Å²) in [6, 6.07) is -1.22. The van der Waals surface area contributed by atoms with Crippen LogP contribution in [0.1, 0.15) is 80.6 Å². The maximum Gasteiger partial charge on any atom is 0.335 e. The van der Waals surface area contributed by atoms with Crippen LogP contribution in [0.2, 0.25) is 0 Å². The van der Waals surface area contributed by atoms with Crippen molar-refractivity contribution < 1.29 is 29.3 Å². The number of esters is 1. The molecule has 0 radical (unpaired) electrons. The number of hydrogen-bond donors (Lipinski definition) is 3. The van der Waals surface area contributed by atoms with E-state index in [1.165, 1.54) is 4.90 Å². The predicted octanol–water partition coefficient (Wildman–Crippen LogP) is 2.30. The van der Waals surface area contributed by atoms with Crippen LogP contribution >= 0.6 is 0 Å². The number of amides is 1. The van der Waals surface area contributed by atoms with Gasteiger partial charge in [0.1, 0.15) is 5.60 Å². The molecule has 0 bridgehead atoms. The number of nitrogens with one attached hydrogen (secondary N) is 1. The standard InChI is InChI=1S/C24H46N2O6/c1-15(2)12-18(25-8)22(30)26(9)19(13-16(3)10-11-17(4)27)20(28)14-21(29)23(31)32-24(5,6)7/h15-19,21,25,27,29H,10-14H2,1-9H3/t16?,17?,18-,19-,21?/m0/s1. The molecule has 0 aromatic rings. The van der Waals surface area contributed by atoms with Gasteiger partial charge in [-0.15, -0.1) is 0 Å². The second kappa shape index (κ2) is 13.9. The molecule has 1 amide bonds. The van der Waals surface area contributed by atoms with Crippen LogP contribution in [0.4, 0.5) is 0 Å². The first-order valence-electron chi connectivity index (χ1n) is 11.6. The van der Waals surface area contributed by atoms with Crippen LogP contribution < -0.4 is 5.32 Å². The Labute approximate surface area is 194 Å². The average Bonchev–Trinajstić information content (AvgIpc) is 2.65. The van der Waals surface area contributed by atoms with E-state index in [0.717, 1.165) is 0 Å². The maximum atomic E-state index is 13.1. The molecule has 0 aromatic carbocycles. The number of nitrogens with zero attached hydrogens (tertiary/aromatic N) is 1. The molecular formula is C24H46N2O6. The third-order valence-corrected chi connectivity index (χ3v) is 5.32. The summed E-state index contributed by atoms with van der Waals surface area (Å²) in [5.41, 5.74) is -0.778. The Kier molecular flexibility index (Phi) is 13.2. The number of ether oxygens (including phenoxy) is 1. The number of ketones is 1. The van der Waals surface area contributed by atoms with Crippen molar-refractivity contribution in [3.05, 3.63) is 0 Å². The number of carbonyl (C=O) groups is 3. The van der Waals surface area contributed by atoms with Gasteiger partial charge in [-0.2, -0.15) is 0 Å². The van der Waals surface area contributed by atoms with Gasteiger partial charge >= 0.3 is 5.97 Å². The van der Waals surface area contributed by atoms with Crippen LogP contribution in [0.3, 0.4) is 0 Å². The minimum Gasteiger partial charge on any atom is -0.458 e. The average molecular weight is 459 g/mol. The molecule has 8 nitrogen and oxygen atoms in total. The number of carbonyl (C=O) groups excluding carboxylic acids is 3. The van der Waals surface area contributed by atoms with Crippen molar-refractivity contribution in [3.8, 4) is 0 Å².